The molecule has 0 radical (unpaired) electrons. The first kappa shape index (κ1) is 23.6. The number of allylic oxidation sites excluding steroid dienone is 2. The minimum atomic E-state index is -0.0946. The topological polar surface area (TPSA) is 83.0 Å². The van der Waals surface area contributed by atoms with E-state index >= 15 is 0 Å². The van der Waals surface area contributed by atoms with Gasteiger partial charge in [-0.05, 0) is 50.9 Å². The molecule has 0 aromatic heterocycles. The van der Waals surface area contributed by atoms with Gasteiger partial charge in [0.2, 0.25) is 11.8 Å². The van der Waals surface area contributed by atoms with Crippen LogP contribution in [0.5, 0.6) is 0 Å². The maximum Gasteiger partial charge on any atom is 0.233 e. The lowest BCUT2D eigenvalue weighted by Crippen LogP contribution is -2.69. The lowest BCUT2D eigenvalue weighted by atomic mass is 9.54. The molecule has 2 saturated heterocycles. The molecule has 6 aliphatic rings. The quantitative estimate of drug-likeness (QED) is 0.129. The Bertz CT molecular complexity index is 825. The van der Waals surface area contributed by atoms with Crippen LogP contribution in [0.3, 0.4) is 0 Å². The molecule has 0 aromatic rings. The smallest absolute Gasteiger partial charge is 0.233 e. The van der Waals surface area contributed by atoms with Gasteiger partial charge in [-0.2, -0.15) is 0 Å². The second-order valence-corrected chi connectivity index (χ2v) is 10.7. The van der Waals surface area contributed by atoms with Gasteiger partial charge in [0, 0.05) is 43.6 Å². The van der Waals surface area contributed by atoms with Crippen molar-refractivity contribution in [2.75, 3.05) is 26.2 Å². The van der Waals surface area contributed by atoms with Crippen LogP contribution in [0.15, 0.2) is 17.1 Å². The summed E-state index contributed by atoms with van der Waals surface area (Å²) >= 11 is 0. The third-order valence-electron chi connectivity index (χ3n) is 9.29. The van der Waals surface area contributed by atoms with Crippen LogP contribution in [-0.2, 0) is 14.3 Å². The molecule has 7 nitrogen and oxygen atoms in total. The van der Waals surface area contributed by atoms with Gasteiger partial charge in [0.25, 0.3) is 0 Å². The largest absolute Gasteiger partial charge is 0.377 e. The average Bonchev–Trinajstić information content (AvgIpc) is 3.59. The van der Waals surface area contributed by atoms with Crippen molar-refractivity contribution in [2.24, 2.45) is 40.0 Å². The molecular formula is C25H37IN4O3. The van der Waals surface area contributed by atoms with Gasteiger partial charge in [0.1, 0.15) is 0 Å². The summed E-state index contributed by atoms with van der Waals surface area (Å²) in [6.45, 7) is 4.89. The van der Waals surface area contributed by atoms with Gasteiger partial charge in [-0.3, -0.25) is 19.5 Å². The van der Waals surface area contributed by atoms with E-state index in [2.05, 4.69) is 29.7 Å². The van der Waals surface area contributed by atoms with E-state index in [4.69, 9.17) is 9.73 Å². The first-order chi connectivity index (χ1) is 15.6. The van der Waals surface area contributed by atoms with Crippen molar-refractivity contribution in [1.82, 2.24) is 15.5 Å². The van der Waals surface area contributed by atoms with E-state index in [1.165, 1.54) is 30.6 Å². The van der Waals surface area contributed by atoms with Crippen molar-refractivity contribution in [3.63, 3.8) is 0 Å². The Labute approximate surface area is 213 Å². The summed E-state index contributed by atoms with van der Waals surface area (Å²) in [5.74, 6) is 1.94. The second kappa shape index (κ2) is 9.13. The van der Waals surface area contributed by atoms with E-state index < -0.39 is 0 Å². The molecule has 5 fully saturated rings. The Morgan fingerprint density at radius 3 is 2.55 bits per heavy atom. The molecule has 2 amide bonds. The van der Waals surface area contributed by atoms with Crippen molar-refractivity contribution in [1.29, 1.82) is 0 Å². The van der Waals surface area contributed by atoms with E-state index in [1.54, 1.807) is 0 Å². The summed E-state index contributed by atoms with van der Waals surface area (Å²) < 4.78 is 6.11. The Morgan fingerprint density at radius 2 is 1.88 bits per heavy atom. The number of fused-ring (bicyclic) bond motifs is 7. The molecule has 4 aliphatic carbocycles. The summed E-state index contributed by atoms with van der Waals surface area (Å²) in [5, 5.41) is 7.17. The number of amides is 2. The van der Waals surface area contributed by atoms with Gasteiger partial charge in [-0.1, -0.05) is 25.0 Å². The highest BCUT2D eigenvalue weighted by Gasteiger charge is 2.65. The SMILES string of the molecule is CCNC(=NCCCN1C(=O)C2C3C=CC(C3)C2C1=O)NC1C2CCOC2C12CCCC2.I. The summed E-state index contributed by atoms with van der Waals surface area (Å²) in [5.41, 5.74) is 0.289. The van der Waals surface area contributed by atoms with Gasteiger partial charge >= 0.3 is 0 Å². The molecule has 1 spiro atoms. The van der Waals surface area contributed by atoms with E-state index in [0.717, 1.165) is 32.0 Å². The maximum absolute atomic E-state index is 12.9. The molecule has 7 atom stereocenters. The van der Waals surface area contributed by atoms with E-state index in [9.17, 15) is 9.59 Å². The molecule has 3 saturated carbocycles. The van der Waals surface area contributed by atoms with Crippen LogP contribution in [-0.4, -0.2) is 61.1 Å². The van der Waals surface area contributed by atoms with Gasteiger partial charge < -0.3 is 15.4 Å². The van der Waals surface area contributed by atoms with Crippen LogP contribution >= 0.6 is 24.0 Å². The fourth-order valence-corrected chi connectivity index (χ4v) is 7.98. The predicted octanol–water partition coefficient (Wildman–Crippen LogP) is 2.70. The number of guanidine groups is 1. The number of nitrogens with zero attached hydrogens (tertiary/aromatic N) is 2. The molecule has 182 valence electrons. The lowest BCUT2D eigenvalue weighted by molar-refractivity contribution is -0.140. The molecule has 7 unspecified atom stereocenters. The van der Waals surface area contributed by atoms with Crippen LogP contribution in [0.25, 0.3) is 0 Å². The first-order valence-corrected chi connectivity index (χ1v) is 12.8. The number of carbonyl (C=O) groups excluding carboxylic acids is 2. The van der Waals surface area contributed by atoms with E-state index in [-0.39, 0.29) is 64.9 Å². The number of nitrogens with one attached hydrogen (secondary N) is 2. The predicted molar refractivity (Wildman–Crippen MR) is 136 cm³/mol. The van der Waals surface area contributed by atoms with Crippen molar-refractivity contribution in [2.45, 2.75) is 64.0 Å². The number of carbonyl (C=O) groups is 2. The van der Waals surface area contributed by atoms with Crippen molar-refractivity contribution in [3.8, 4) is 0 Å². The van der Waals surface area contributed by atoms with Crippen molar-refractivity contribution < 1.29 is 14.3 Å². The number of aliphatic imine (C=N–C) groups is 1. The molecule has 33 heavy (non-hydrogen) atoms. The van der Waals surface area contributed by atoms with E-state index in [1.807, 2.05) is 0 Å². The lowest BCUT2D eigenvalue weighted by Gasteiger charge is -2.57. The zero-order valence-corrected chi connectivity index (χ0v) is 21.8. The Balaban J connectivity index is 0.00000228. The molecule has 6 rings (SSSR count). The number of halogens is 1. The first-order valence-electron chi connectivity index (χ1n) is 12.8. The Morgan fingerprint density at radius 1 is 1.18 bits per heavy atom. The number of imide groups is 1. The van der Waals surface area contributed by atoms with E-state index in [0.29, 0.717) is 37.6 Å². The standard InChI is InChI=1S/C25H36N4O3.HI/c1-2-26-24(28-20-17-8-13-32-21(17)25(20)9-3-4-10-25)27-11-5-12-29-22(30)18-15-6-7-16(14-15)19(18)23(29)31;/h6-7,15-21H,2-5,8-14H2,1H3,(H2,26,27,28);1H. The third-order valence-corrected chi connectivity index (χ3v) is 9.29. The fourth-order valence-electron chi connectivity index (χ4n) is 7.98. The number of hydrogen-bond donors (Lipinski definition) is 2. The van der Waals surface area contributed by atoms with Gasteiger partial charge in [-0.25, -0.2) is 0 Å². The summed E-state index contributed by atoms with van der Waals surface area (Å²) in [6, 6.07) is 0.444. The van der Waals surface area contributed by atoms with Gasteiger partial charge in [0.05, 0.1) is 17.9 Å². The molecule has 2 N–H and O–H groups in total. The van der Waals surface area contributed by atoms with Crippen LogP contribution in [0.1, 0.15) is 51.9 Å². The average molecular weight is 569 g/mol. The number of likely N-dealkylation sites (tertiary alicyclic amines) is 1. The normalized spacial score (nSPS) is 39.6. The zero-order chi connectivity index (χ0) is 21.9. The third kappa shape index (κ3) is 3.56. The minimum Gasteiger partial charge on any atom is -0.377 e. The van der Waals surface area contributed by atoms with Gasteiger partial charge in [0.15, 0.2) is 5.96 Å². The molecule has 2 aliphatic heterocycles. The van der Waals surface area contributed by atoms with Crippen LogP contribution in [0.4, 0.5) is 0 Å². The highest BCUT2D eigenvalue weighted by Crippen LogP contribution is 2.60. The Kier molecular flexibility index (Phi) is 6.52. The van der Waals surface area contributed by atoms with Crippen molar-refractivity contribution >= 4 is 41.8 Å². The number of ether oxygens (including phenoxy) is 1. The minimum absolute atomic E-state index is 0. The molecular weight excluding hydrogens is 531 g/mol. The maximum atomic E-state index is 12.9. The van der Waals surface area contributed by atoms with Crippen LogP contribution in [0.2, 0.25) is 0 Å². The Hall–Kier alpha value is -1.16. The highest BCUT2D eigenvalue weighted by atomic mass is 127. The van der Waals surface area contributed by atoms with Crippen molar-refractivity contribution in [3.05, 3.63) is 12.2 Å². The summed E-state index contributed by atoms with van der Waals surface area (Å²) in [4.78, 5) is 32.1. The van der Waals surface area contributed by atoms with Crippen LogP contribution < -0.4 is 10.6 Å². The highest BCUT2D eigenvalue weighted by molar-refractivity contribution is 14.0. The number of hydrogen-bond acceptors (Lipinski definition) is 4. The molecule has 2 heterocycles. The molecule has 2 bridgehead atoms. The zero-order valence-electron chi connectivity index (χ0n) is 19.5. The van der Waals surface area contributed by atoms with Gasteiger partial charge in [-0.15, -0.1) is 24.0 Å². The summed E-state index contributed by atoms with van der Waals surface area (Å²) in [6.07, 6.45) is 12.7. The monoisotopic (exact) mass is 568 g/mol. The molecule has 0 aromatic carbocycles. The number of rotatable bonds is 6. The summed E-state index contributed by atoms with van der Waals surface area (Å²) in [7, 11) is 0. The fraction of sp³-hybridized carbons (Fsp3) is 0.800. The second-order valence-electron chi connectivity index (χ2n) is 10.7. The van der Waals surface area contributed by atoms with Crippen LogP contribution in [0, 0.1) is 35.0 Å². The molecule has 8 heteroatoms.